The third-order valence-corrected chi connectivity index (χ3v) is 3.90. The van der Waals surface area contributed by atoms with Gasteiger partial charge in [-0.15, -0.1) is 0 Å². The lowest BCUT2D eigenvalue weighted by molar-refractivity contribution is 0.143. The van der Waals surface area contributed by atoms with Gasteiger partial charge in [-0.25, -0.2) is 0 Å². The number of anilines is 2. The Bertz CT molecular complexity index is 421. The number of nitrogen functional groups attached to an aromatic ring is 1. The van der Waals surface area contributed by atoms with Crippen LogP contribution in [0.25, 0.3) is 0 Å². The van der Waals surface area contributed by atoms with Crippen LogP contribution in [0.15, 0.2) is 12.1 Å². The monoisotopic (exact) mass is 268 g/mol. The van der Waals surface area contributed by atoms with Crippen LogP contribution >= 0.6 is 11.6 Å². The number of methoxy groups -OCH3 is 1. The van der Waals surface area contributed by atoms with Crippen molar-refractivity contribution in [1.29, 1.82) is 0 Å². The smallest absolute Gasteiger partial charge is 0.0656 e. The summed E-state index contributed by atoms with van der Waals surface area (Å²) in [6, 6.07) is 3.94. The fourth-order valence-corrected chi connectivity index (χ4v) is 2.85. The van der Waals surface area contributed by atoms with Gasteiger partial charge in [-0.1, -0.05) is 11.6 Å². The maximum Gasteiger partial charge on any atom is 0.0656 e. The molecule has 0 saturated carbocycles. The highest BCUT2D eigenvalue weighted by Crippen LogP contribution is 2.32. The summed E-state index contributed by atoms with van der Waals surface area (Å²) in [6.07, 6.45) is 2.45. The molecule has 0 spiro atoms. The molecule has 1 aromatic rings. The summed E-state index contributed by atoms with van der Waals surface area (Å²) in [7, 11) is 1.77. The molecule has 18 heavy (non-hydrogen) atoms. The van der Waals surface area contributed by atoms with Crippen LogP contribution in [0.4, 0.5) is 11.4 Å². The highest BCUT2D eigenvalue weighted by atomic mass is 35.5. The molecular formula is C14H21ClN2O. The number of benzene rings is 1. The predicted molar refractivity (Wildman–Crippen MR) is 77.4 cm³/mol. The van der Waals surface area contributed by atoms with E-state index in [1.807, 2.05) is 12.1 Å². The molecule has 1 aliphatic heterocycles. The molecule has 0 aromatic heterocycles. The Balaban J connectivity index is 2.18. The van der Waals surface area contributed by atoms with Crippen molar-refractivity contribution in [3.05, 3.63) is 22.7 Å². The van der Waals surface area contributed by atoms with Crippen LogP contribution in [-0.4, -0.2) is 26.8 Å². The molecule has 1 atom stereocenters. The normalized spacial score (nSPS) is 20.2. The van der Waals surface area contributed by atoms with Crippen LogP contribution < -0.4 is 10.6 Å². The van der Waals surface area contributed by atoms with Crippen molar-refractivity contribution in [3.8, 4) is 0 Å². The van der Waals surface area contributed by atoms with E-state index in [1.54, 1.807) is 7.11 Å². The molecule has 1 unspecified atom stereocenters. The Hall–Kier alpha value is -0.930. The zero-order valence-electron chi connectivity index (χ0n) is 11.1. The van der Waals surface area contributed by atoms with E-state index in [0.717, 1.165) is 19.7 Å². The van der Waals surface area contributed by atoms with Gasteiger partial charge in [0.15, 0.2) is 0 Å². The van der Waals surface area contributed by atoms with E-state index in [9.17, 15) is 0 Å². The van der Waals surface area contributed by atoms with Gasteiger partial charge in [0.1, 0.15) is 0 Å². The first-order chi connectivity index (χ1) is 8.61. The van der Waals surface area contributed by atoms with E-state index in [2.05, 4.69) is 11.8 Å². The van der Waals surface area contributed by atoms with Crippen LogP contribution in [0.1, 0.15) is 18.4 Å². The standard InChI is InChI=1S/C14H21ClN2O/c1-10-6-13(16)12(15)7-14(10)17-5-3-4-11(8-17)9-18-2/h6-7,11H,3-5,8-9,16H2,1-2H3. The minimum Gasteiger partial charge on any atom is -0.398 e. The topological polar surface area (TPSA) is 38.5 Å². The maximum absolute atomic E-state index is 6.13. The minimum atomic E-state index is 0.611. The van der Waals surface area contributed by atoms with Crippen molar-refractivity contribution in [2.24, 2.45) is 5.92 Å². The van der Waals surface area contributed by atoms with Crippen LogP contribution in [0.5, 0.6) is 0 Å². The summed E-state index contributed by atoms with van der Waals surface area (Å²) in [5, 5.41) is 0.643. The van der Waals surface area contributed by atoms with E-state index in [0.29, 0.717) is 16.6 Å². The van der Waals surface area contributed by atoms with E-state index in [-0.39, 0.29) is 0 Å². The van der Waals surface area contributed by atoms with Crippen molar-refractivity contribution in [2.75, 3.05) is 37.4 Å². The molecule has 1 saturated heterocycles. The SMILES string of the molecule is COCC1CCCN(c2cc(Cl)c(N)cc2C)C1. The summed E-state index contributed by atoms with van der Waals surface area (Å²) in [5.41, 5.74) is 8.87. The minimum absolute atomic E-state index is 0.611. The molecule has 0 aliphatic carbocycles. The molecule has 2 N–H and O–H groups in total. The molecular weight excluding hydrogens is 248 g/mol. The average Bonchev–Trinajstić information content (AvgIpc) is 2.34. The molecule has 3 nitrogen and oxygen atoms in total. The maximum atomic E-state index is 6.13. The lowest BCUT2D eigenvalue weighted by Crippen LogP contribution is -2.37. The molecule has 1 fully saturated rings. The number of aryl methyl sites for hydroxylation is 1. The number of nitrogens with two attached hydrogens (primary N) is 1. The Morgan fingerprint density at radius 1 is 1.50 bits per heavy atom. The van der Waals surface area contributed by atoms with Crippen LogP contribution in [-0.2, 0) is 4.74 Å². The quantitative estimate of drug-likeness (QED) is 0.856. The molecule has 4 heteroatoms. The second-order valence-corrected chi connectivity index (χ2v) is 5.48. The highest BCUT2D eigenvalue weighted by molar-refractivity contribution is 6.33. The van der Waals surface area contributed by atoms with Crippen molar-refractivity contribution in [3.63, 3.8) is 0 Å². The highest BCUT2D eigenvalue weighted by Gasteiger charge is 2.21. The third kappa shape index (κ3) is 2.90. The summed E-state index contributed by atoms with van der Waals surface area (Å²) < 4.78 is 5.27. The lowest BCUT2D eigenvalue weighted by Gasteiger charge is -2.35. The lowest BCUT2D eigenvalue weighted by atomic mass is 9.97. The van der Waals surface area contributed by atoms with Crippen LogP contribution in [0, 0.1) is 12.8 Å². The first-order valence-corrected chi connectivity index (χ1v) is 6.79. The fraction of sp³-hybridized carbons (Fsp3) is 0.571. The number of nitrogens with zero attached hydrogens (tertiary/aromatic N) is 1. The van der Waals surface area contributed by atoms with Gasteiger partial charge in [0.05, 0.1) is 17.3 Å². The van der Waals surface area contributed by atoms with Gasteiger partial charge >= 0.3 is 0 Å². The molecule has 1 heterocycles. The van der Waals surface area contributed by atoms with Gasteiger partial charge in [-0.3, -0.25) is 0 Å². The molecule has 100 valence electrons. The number of hydrogen-bond donors (Lipinski definition) is 1. The Morgan fingerprint density at radius 3 is 3.00 bits per heavy atom. The van der Waals surface area contributed by atoms with Crippen molar-refractivity contribution in [1.82, 2.24) is 0 Å². The summed E-state index contributed by atoms with van der Waals surface area (Å²) in [4.78, 5) is 2.40. The molecule has 0 radical (unpaired) electrons. The number of rotatable bonds is 3. The van der Waals surface area contributed by atoms with Gasteiger partial charge in [0, 0.05) is 25.9 Å². The van der Waals surface area contributed by atoms with Crippen LogP contribution in [0.2, 0.25) is 5.02 Å². The largest absolute Gasteiger partial charge is 0.398 e. The van der Waals surface area contributed by atoms with Crippen molar-refractivity contribution < 1.29 is 4.74 Å². The summed E-state index contributed by atoms with van der Waals surface area (Å²) >= 11 is 6.13. The van der Waals surface area contributed by atoms with Gasteiger partial charge in [-0.05, 0) is 43.4 Å². The average molecular weight is 269 g/mol. The molecule has 0 amide bonds. The van der Waals surface area contributed by atoms with Gasteiger partial charge < -0.3 is 15.4 Å². The first kappa shape index (κ1) is 13.5. The Morgan fingerprint density at radius 2 is 2.28 bits per heavy atom. The van der Waals surface area contributed by atoms with Gasteiger partial charge in [0.2, 0.25) is 0 Å². The van der Waals surface area contributed by atoms with Crippen molar-refractivity contribution >= 4 is 23.0 Å². The summed E-state index contributed by atoms with van der Waals surface area (Å²) in [6.45, 7) is 5.04. The van der Waals surface area contributed by atoms with Crippen molar-refractivity contribution in [2.45, 2.75) is 19.8 Å². The number of ether oxygens (including phenoxy) is 1. The van der Waals surface area contributed by atoms with E-state index < -0.39 is 0 Å². The van der Waals surface area contributed by atoms with Crippen LogP contribution in [0.3, 0.4) is 0 Å². The Kier molecular flexibility index (Phi) is 4.36. The zero-order chi connectivity index (χ0) is 13.1. The van der Waals surface area contributed by atoms with E-state index in [4.69, 9.17) is 22.1 Å². The second kappa shape index (κ2) is 5.81. The fourth-order valence-electron chi connectivity index (χ4n) is 2.69. The number of hydrogen-bond acceptors (Lipinski definition) is 3. The number of halogens is 1. The van der Waals surface area contributed by atoms with E-state index in [1.165, 1.54) is 24.1 Å². The van der Waals surface area contributed by atoms with E-state index >= 15 is 0 Å². The number of piperidine rings is 1. The third-order valence-electron chi connectivity index (χ3n) is 3.58. The predicted octanol–water partition coefficient (Wildman–Crippen LogP) is 3.09. The molecule has 0 bridgehead atoms. The first-order valence-electron chi connectivity index (χ1n) is 6.41. The molecule has 1 aromatic carbocycles. The van der Waals surface area contributed by atoms with Gasteiger partial charge in [-0.2, -0.15) is 0 Å². The molecule has 2 rings (SSSR count). The van der Waals surface area contributed by atoms with Gasteiger partial charge in [0.25, 0.3) is 0 Å². The second-order valence-electron chi connectivity index (χ2n) is 5.07. The summed E-state index contributed by atoms with van der Waals surface area (Å²) in [5.74, 6) is 0.611. The molecule has 1 aliphatic rings. The Labute approximate surface area is 114 Å². The zero-order valence-corrected chi connectivity index (χ0v) is 11.8.